The summed E-state index contributed by atoms with van der Waals surface area (Å²) in [4.78, 5) is 22.4. The Morgan fingerprint density at radius 3 is 2.17 bits per heavy atom. The normalized spacial score (nSPS) is 12.3. The van der Waals surface area contributed by atoms with Crippen molar-refractivity contribution < 1.29 is 19.4 Å². The van der Waals surface area contributed by atoms with Gasteiger partial charge in [-0.15, -0.1) is 0 Å². The quantitative estimate of drug-likeness (QED) is 0.697. The lowest BCUT2D eigenvalue weighted by molar-refractivity contribution is -0.139. The van der Waals surface area contributed by atoms with Gasteiger partial charge in [-0.2, -0.15) is 0 Å². The van der Waals surface area contributed by atoms with E-state index in [1.165, 1.54) is 0 Å². The third-order valence-electron chi connectivity index (χ3n) is 2.52. The minimum atomic E-state index is -0.887. The van der Waals surface area contributed by atoms with Crippen molar-refractivity contribution >= 4 is 11.9 Å². The van der Waals surface area contributed by atoms with E-state index in [0.717, 1.165) is 0 Å². The number of carbonyl (C=O) groups is 2. The lowest BCUT2D eigenvalue weighted by Crippen LogP contribution is -2.41. The van der Waals surface area contributed by atoms with E-state index in [4.69, 9.17) is 9.84 Å². The molecule has 0 aliphatic rings. The summed E-state index contributed by atoms with van der Waals surface area (Å²) in [6.07, 6.45) is 0.177. The Bertz CT molecular complexity index is 297. The van der Waals surface area contributed by atoms with Gasteiger partial charge in [-0.05, 0) is 26.2 Å². The highest BCUT2D eigenvalue weighted by Gasteiger charge is 2.26. The van der Waals surface area contributed by atoms with Crippen molar-refractivity contribution in [3.63, 3.8) is 0 Å². The molecule has 0 radical (unpaired) electrons. The summed E-state index contributed by atoms with van der Waals surface area (Å²) in [7, 11) is 0. The molecule has 0 saturated carbocycles. The number of nitrogens with one attached hydrogen (secondary N) is 1. The molecule has 0 bridgehead atoms. The summed E-state index contributed by atoms with van der Waals surface area (Å²) in [6, 6.07) is 0. The van der Waals surface area contributed by atoms with Gasteiger partial charge >= 0.3 is 5.97 Å². The second kappa shape index (κ2) is 6.73. The molecule has 0 aromatic heterocycles. The van der Waals surface area contributed by atoms with Crippen LogP contribution in [0, 0.1) is 5.41 Å². The lowest BCUT2D eigenvalue weighted by atomic mass is 9.85. The van der Waals surface area contributed by atoms with Crippen molar-refractivity contribution in [1.29, 1.82) is 0 Å². The minimum absolute atomic E-state index is 0.0186. The number of hydrogen-bond donors (Lipinski definition) is 2. The highest BCUT2D eigenvalue weighted by molar-refractivity contribution is 5.77. The fourth-order valence-electron chi connectivity index (χ4n) is 1.72. The van der Waals surface area contributed by atoms with Gasteiger partial charge < -0.3 is 15.2 Å². The molecule has 0 rings (SSSR count). The van der Waals surface area contributed by atoms with Crippen molar-refractivity contribution in [2.45, 2.75) is 53.1 Å². The summed E-state index contributed by atoms with van der Waals surface area (Å²) < 4.78 is 5.47. The van der Waals surface area contributed by atoms with E-state index in [1.54, 1.807) is 13.8 Å². The Kier molecular flexibility index (Phi) is 6.32. The fraction of sp³-hybridized carbons (Fsp3) is 0.846. The predicted molar refractivity (Wildman–Crippen MR) is 69.4 cm³/mol. The van der Waals surface area contributed by atoms with Crippen molar-refractivity contribution in [2.24, 2.45) is 5.41 Å². The number of carbonyl (C=O) groups excluding carboxylic acids is 1. The van der Waals surface area contributed by atoms with Gasteiger partial charge in [-0.25, -0.2) is 0 Å². The Balaban J connectivity index is 4.15. The van der Waals surface area contributed by atoms with Crippen molar-refractivity contribution in [1.82, 2.24) is 5.32 Å². The van der Waals surface area contributed by atoms with Crippen LogP contribution in [0.25, 0.3) is 0 Å². The first kappa shape index (κ1) is 16.9. The highest BCUT2D eigenvalue weighted by Crippen LogP contribution is 2.24. The lowest BCUT2D eigenvalue weighted by Gasteiger charge is -2.26. The van der Waals surface area contributed by atoms with E-state index < -0.39 is 17.0 Å². The van der Waals surface area contributed by atoms with Crippen molar-refractivity contribution in [3.8, 4) is 0 Å². The molecular weight excluding hydrogens is 234 g/mol. The number of carboxylic acid groups (broad SMARTS) is 1. The smallest absolute Gasteiger partial charge is 0.303 e. The van der Waals surface area contributed by atoms with Crippen LogP contribution in [-0.4, -0.2) is 35.7 Å². The van der Waals surface area contributed by atoms with Gasteiger partial charge in [0, 0.05) is 19.6 Å². The van der Waals surface area contributed by atoms with Crippen LogP contribution in [0.4, 0.5) is 0 Å². The number of hydrogen-bond acceptors (Lipinski definition) is 3. The SMILES string of the molecule is CCOC(C)(C)CNC(=O)CC(C)(C)CC(=O)O. The molecule has 0 aromatic carbocycles. The van der Waals surface area contributed by atoms with E-state index in [-0.39, 0.29) is 18.7 Å². The molecule has 2 N–H and O–H groups in total. The summed E-state index contributed by atoms with van der Waals surface area (Å²) in [6.45, 7) is 10.3. The molecule has 0 unspecified atom stereocenters. The van der Waals surface area contributed by atoms with E-state index >= 15 is 0 Å². The Hall–Kier alpha value is -1.10. The maximum atomic E-state index is 11.7. The first-order valence-electron chi connectivity index (χ1n) is 6.20. The Morgan fingerprint density at radius 2 is 1.72 bits per heavy atom. The van der Waals surface area contributed by atoms with Gasteiger partial charge in [0.1, 0.15) is 0 Å². The van der Waals surface area contributed by atoms with Crippen LogP contribution in [0.1, 0.15) is 47.5 Å². The minimum Gasteiger partial charge on any atom is -0.481 e. The number of aliphatic carboxylic acids is 1. The van der Waals surface area contributed by atoms with Gasteiger partial charge in [-0.3, -0.25) is 9.59 Å². The third kappa shape index (κ3) is 8.06. The second-order valence-corrected chi connectivity index (χ2v) is 5.88. The van der Waals surface area contributed by atoms with Gasteiger partial charge in [0.05, 0.1) is 12.0 Å². The van der Waals surface area contributed by atoms with E-state index in [0.29, 0.717) is 13.2 Å². The number of ether oxygens (including phenoxy) is 1. The third-order valence-corrected chi connectivity index (χ3v) is 2.52. The Morgan fingerprint density at radius 1 is 1.17 bits per heavy atom. The van der Waals surface area contributed by atoms with Crippen molar-refractivity contribution in [2.75, 3.05) is 13.2 Å². The predicted octanol–water partition coefficient (Wildman–Crippen LogP) is 1.81. The van der Waals surface area contributed by atoms with Crippen LogP contribution < -0.4 is 5.32 Å². The summed E-state index contributed by atoms with van der Waals surface area (Å²) in [5.74, 6) is -1.03. The molecule has 0 fully saturated rings. The number of rotatable bonds is 8. The maximum Gasteiger partial charge on any atom is 0.303 e. The molecule has 106 valence electrons. The average molecular weight is 259 g/mol. The van der Waals surface area contributed by atoms with Crippen LogP contribution in [-0.2, 0) is 14.3 Å². The standard InChI is InChI=1S/C13H25NO4/c1-6-18-13(4,5)9-14-10(15)7-12(2,3)8-11(16)17/h6-9H2,1-5H3,(H,14,15)(H,16,17). The van der Waals surface area contributed by atoms with Gasteiger partial charge in [0.25, 0.3) is 0 Å². The molecule has 5 heteroatoms. The van der Waals surface area contributed by atoms with Crippen LogP contribution in [0.3, 0.4) is 0 Å². The molecule has 0 atom stereocenters. The van der Waals surface area contributed by atoms with Crippen LogP contribution in [0.15, 0.2) is 0 Å². The molecule has 0 aromatic rings. The largest absolute Gasteiger partial charge is 0.481 e. The zero-order chi connectivity index (χ0) is 14.4. The Labute approximate surface area is 109 Å². The molecule has 0 aliphatic carbocycles. The molecule has 18 heavy (non-hydrogen) atoms. The first-order chi connectivity index (χ1) is 8.08. The topological polar surface area (TPSA) is 75.6 Å². The van der Waals surface area contributed by atoms with Gasteiger partial charge in [-0.1, -0.05) is 13.8 Å². The molecule has 5 nitrogen and oxygen atoms in total. The number of carboxylic acids is 1. The molecular formula is C13H25NO4. The fourth-order valence-corrected chi connectivity index (χ4v) is 1.72. The second-order valence-electron chi connectivity index (χ2n) is 5.88. The van der Waals surface area contributed by atoms with Crippen LogP contribution >= 0.6 is 0 Å². The monoisotopic (exact) mass is 259 g/mol. The summed E-state index contributed by atoms with van der Waals surface area (Å²) in [5, 5.41) is 11.5. The molecule has 0 spiro atoms. The zero-order valence-electron chi connectivity index (χ0n) is 12.0. The molecule has 0 heterocycles. The molecule has 1 amide bonds. The highest BCUT2D eigenvalue weighted by atomic mass is 16.5. The zero-order valence-corrected chi connectivity index (χ0v) is 12.0. The van der Waals surface area contributed by atoms with Crippen LogP contribution in [0.2, 0.25) is 0 Å². The average Bonchev–Trinajstić information content (AvgIpc) is 2.11. The van der Waals surface area contributed by atoms with E-state index in [1.807, 2.05) is 20.8 Å². The van der Waals surface area contributed by atoms with Gasteiger partial charge in [0.2, 0.25) is 5.91 Å². The van der Waals surface area contributed by atoms with E-state index in [9.17, 15) is 9.59 Å². The van der Waals surface area contributed by atoms with Gasteiger partial charge in [0.15, 0.2) is 0 Å². The molecule has 0 saturated heterocycles. The maximum absolute atomic E-state index is 11.7. The summed E-state index contributed by atoms with van der Waals surface area (Å²) >= 11 is 0. The number of amides is 1. The van der Waals surface area contributed by atoms with E-state index in [2.05, 4.69) is 5.32 Å². The molecule has 0 aliphatic heterocycles. The summed E-state index contributed by atoms with van der Waals surface area (Å²) in [5.41, 5.74) is -0.937. The van der Waals surface area contributed by atoms with Crippen molar-refractivity contribution in [3.05, 3.63) is 0 Å². The van der Waals surface area contributed by atoms with Crippen LogP contribution in [0.5, 0.6) is 0 Å². The first-order valence-corrected chi connectivity index (χ1v) is 6.20.